The molecule has 0 heterocycles. The van der Waals surface area contributed by atoms with Crippen LogP contribution in [0.25, 0.3) is 0 Å². The summed E-state index contributed by atoms with van der Waals surface area (Å²) >= 11 is 0. The second-order valence-electron chi connectivity index (χ2n) is 6.47. The molecule has 4 heteroatoms. The van der Waals surface area contributed by atoms with Crippen LogP contribution in [0.1, 0.15) is 24.8 Å². The fourth-order valence-corrected chi connectivity index (χ4v) is 4.66. The zero-order chi connectivity index (χ0) is 13.1. The van der Waals surface area contributed by atoms with Gasteiger partial charge in [-0.2, -0.15) is 0 Å². The summed E-state index contributed by atoms with van der Waals surface area (Å²) in [5, 5.41) is 14.4. The number of non-ortho nitro benzene ring substituents is 1. The average Bonchev–Trinajstić information content (AvgIpc) is 2.77. The number of nitro benzene ring substituents is 1. The summed E-state index contributed by atoms with van der Waals surface area (Å²) in [4.78, 5) is 10.6. The zero-order valence-electron chi connectivity index (χ0n) is 11.0. The van der Waals surface area contributed by atoms with Crippen LogP contribution in [0.2, 0.25) is 0 Å². The van der Waals surface area contributed by atoms with Crippen molar-refractivity contribution in [1.82, 2.24) is 0 Å². The van der Waals surface area contributed by atoms with Crippen LogP contribution < -0.4 is 5.32 Å². The lowest BCUT2D eigenvalue weighted by atomic mass is 10.0. The van der Waals surface area contributed by atoms with E-state index in [9.17, 15) is 10.1 Å². The van der Waals surface area contributed by atoms with Crippen molar-refractivity contribution in [2.45, 2.75) is 32.2 Å². The van der Waals surface area contributed by atoms with Gasteiger partial charge < -0.3 is 5.32 Å². The zero-order valence-corrected chi connectivity index (χ0v) is 11.0. The molecule has 4 atom stereocenters. The van der Waals surface area contributed by atoms with Gasteiger partial charge in [-0.1, -0.05) is 0 Å². The predicted molar refractivity (Wildman–Crippen MR) is 73.1 cm³/mol. The minimum absolute atomic E-state index is 0.191. The molecule has 19 heavy (non-hydrogen) atoms. The fourth-order valence-electron chi connectivity index (χ4n) is 4.66. The number of hydrogen-bond acceptors (Lipinski definition) is 3. The molecule has 2 bridgehead atoms. The van der Waals surface area contributed by atoms with E-state index < -0.39 is 0 Å². The molecular weight excluding hydrogens is 240 g/mol. The molecule has 0 spiro atoms. The molecule has 0 radical (unpaired) electrons. The number of nitrogens with one attached hydrogen (secondary N) is 1. The molecule has 4 rings (SSSR count). The van der Waals surface area contributed by atoms with Crippen molar-refractivity contribution in [2.75, 3.05) is 5.32 Å². The van der Waals surface area contributed by atoms with E-state index in [1.165, 1.54) is 19.3 Å². The largest absolute Gasteiger partial charge is 0.381 e. The number of anilines is 1. The van der Waals surface area contributed by atoms with E-state index in [4.69, 9.17) is 0 Å². The summed E-state index contributed by atoms with van der Waals surface area (Å²) in [5.41, 5.74) is 2.06. The highest BCUT2D eigenvalue weighted by molar-refractivity contribution is 5.55. The molecular formula is C15H18N2O2. The molecule has 3 fully saturated rings. The van der Waals surface area contributed by atoms with Crippen LogP contribution >= 0.6 is 0 Å². The van der Waals surface area contributed by atoms with Gasteiger partial charge in [0.15, 0.2) is 0 Å². The summed E-state index contributed by atoms with van der Waals surface area (Å²) in [6.45, 7) is 1.91. The normalized spacial score (nSPS) is 38.1. The second-order valence-corrected chi connectivity index (χ2v) is 6.47. The van der Waals surface area contributed by atoms with Gasteiger partial charge in [-0.05, 0) is 61.5 Å². The highest BCUT2D eigenvalue weighted by Gasteiger charge is 2.64. The van der Waals surface area contributed by atoms with E-state index in [-0.39, 0.29) is 10.6 Å². The maximum Gasteiger partial charge on any atom is 0.271 e. The van der Waals surface area contributed by atoms with Crippen molar-refractivity contribution in [3.8, 4) is 0 Å². The molecule has 4 unspecified atom stereocenters. The first kappa shape index (κ1) is 11.3. The van der Waals surface area contributed by atoms with Crippen molar-refractivity contribution < 1.29 is 4.92 Å². The van der Waals surface area contributed by atoms with Crippen LogP contribution in [-0.4, -0.2) is 11.0 Å². The topological polar surface area (TPSA) is 55.2 Å². The van der Waals surface area contributed by atoms with Crippen molar-refractivity contribution in [2.24, 2.45) is 23.7 Å². The molecule has 0 aromatic heterocycles. The molecule has 4 nitrogen and oxygen atoms in total. The third-order valence-corrected chi connectivity index (χ3v) is 5.34. The maximum absolute atomic E-state index is 10.9. The molecule has 0 amide bonds. The van der Waals surface area contributed by atoms with Crippen molar-refractivity contribution in [3.05, 3.63) is 33.9 Å². The predicted octanol–water partition coefficient (Wildman–Crippen LogP) is 3.36. The van der Waals surface area contributed by atoms with E-state index in [0.29, 0.717) is 6.04 Å². The first-order valence-corrected chi connectivity index (χ1v) is 7.16. The number of rotatable bonds is 3. The van der Waals surface area contributed by atoms with Crippen LogP contribution in [0.4, 0.5) is 11.4 Å². The molecule has 100 valence electrons. The Labute approximate surface area is 112 Å². The molecule has 1 N–H and O–H groups in total. The van der Waals surface area contributed by atoms with E-state index in [0.717, 1.165) is 34.9 Å². The monoisotopic (exact) mass is 258 g/mol. The van der Waals surface area contributed by atoms with Crippen LogP contribution in [-0.2, 0) is 0 Å². The number of aryl methyl sites for hydroxylation is 1. The van der Waals surface area contributed by atoms with Crippen molar-refractivity contribution in [3.63, 3.8) is 0 Å². The Morgan fingerprint density at radius 1 is 1.21 bits per heavy atom. The van der Waals surface area contributed by atoms with Crippen LogP contribution in [0, 0.1) is 40.7 Å². The summed E-state index contributed by atoms with van der Waals surface area (Å²) in [6, 6.07) is 5.89. The number of nitro groups is 1. The smallest absolute Gasteiger partial charge is 0.271 e. The van der Waals surface area contributed by atoms with Gasteiger partial charge in [-0.15, -0.1) is 0 Å². The lowest BCUT2D eigenvalue weighted by molar-refractivity contribution is -0.384. The minimum atomic E-state index is -0.310. The van der Waals surface area contributed by atoms with Gasteiger partial charge in [0.05, 0.1) is 4.92 Å². The summed E-state index contributed by atoms with van der Waals surface area (Å²) in [7, 11) is 0. The molecule has 3 aliphatic rings. The SMILES string of the molecule is Cc1cc(NC2C3C4CCC(C4)C23)cc([N+](=O)[O-])c1. The quantitative estimate of drug-likeness (QED) is 0.668. The Hall–Kier alpha value is -1.58. The molecule has 3 aliphatic carbocycles. The van der Waals surface area contributed by atoms with E-state index in [1.54, 1.807) is 12.1 Å². The van der Waals surface area contributed by atoms with E-state index in [2.05, 4.69) is 5.32 Å². The highest BCUT2D eigenvalue weighted by atomic mass is 16.6. The fraction of sp³-hybridized carbons (Fsp3) is 0.600. The summed E-state index contributed by atoms with van der Waals surface area (Å²) in [5.74, 6) is 3.54. The molecule has 0 saturated heterocycles. The van der Waals surface area contributed by atoms with Gasteiger partial charge in [-0.3, -0.25) is 10.1 Å². The maximum atomic E-state index is 10.9. The Morgan fingerprint density at radius 2 is 1.89 bits per heavy atom. The van der Waals surface area contributed by atoms with Gasteiger partial charge in [0.2, 0.25) is 0 Å². The van der Waals surface area contributed by atoms with Crippen LogP contribution in [0.3, 0.4) is 0 Å². The summed E-state index contributed by atoms with van der Waals surface area (Å²) < 4.78 is 0. The van der Waals surface area contributed by atoms with E-state index >= 15 is 0 Å². The standard InChI is InChI=1S/C15H18N2O2/c1-8-4-11(7-12(5-8)17(18)19)16-15-13-9-2-3-10(6-9)14(13)15/h4-5,7,9-10,13-16H,2-3,6H2,1H3. The molecule has 1 aromatic rings. The van der Waals surface area contributed by atoms with Crippen LogP contribution in [0.15, 0.2) is 18.2 Å². The van der Waals surface area contributed by atoms with E-state index in [1.807, 2.05) is 13.0 Å². The molecule has 3 saturated carbocycles. The minimum Gasteiger partial charge on any atom is -0.381 e. The van der Waals surface area contributed by atoms with Gasteiger partial charge in [-0.25, -0.2) is 0 Å². The highest BCUT2D eigenvalue weighted by Crippen LogP contribution is 2.66. The summed E-state index contributed by atoms with van der Waals surface area (Å²) in [6.07, 6.45) is 4.23. The Bertz CT molecular complexity index is 541. The first-order chi connectivity index (χ1) is 9.13. The van der Waals surface area contributed by atoms with Crippen molar-refractivity contribution >= 4 is 11.4 Å². The number of hydrogen-bond donors (Lipinski definition) is 1. The van der Waals surface area contributed by atoms with Gasteiger partial charge in [0.1, 0.15) is 0 Å². The Balaban J connectivity index is 1.54. The van der Waals surface area contributed by atoms with Gasteiger partial charge >= 0.3 is 0 Å². The van der Waals surface area contributed by atoms with Crippen molar-refractivity contribution in [1.29, 1.82) is 0 Å². The second kappa shape index (κ2) is 3.71. The number of benzene rings is 1. The third kappa shape index (κ3) is 1.66. The average molecular weight is 258 g/mol. The first-order valence-electron chi connectivity index (χ1n) is 7.16. The number of fused-ring (bicyclic) bond motifs is 5. The Morgan fingerprint density at radius 3 is 2.53 bits per heavy atom. The lowest BCUT2D eigenvalue weighted by Crippen LogP contribution is -2.12. The van der Waals surface area contributed by atoms with Crippen LogP contribution in [0.5, 0.6) is 0 Å². The van der Waals surface area contributed by atoms with Gasteiger partial charge in [0, 0.05) is 23.9 Å². The number of nitrogens with zero attached hydrogens (tertiary/aromatic N) is 1. The molecule has 1 aromatic carbocycles. The van der Waals surface area contributed by atoms with Gasteiger partial charge in [0.25, 0.3) is 5.69 Å². The molecule has 0 aliphatic heterocycles. The Kier molecular flexibility index (Phi) is 2.20. The lowest BCUT2D eigenvalue weighted by Gasteiger charge is -2.12. The third-order valence-electron chi connectivity index (χ3n) is 5.34.